The largest absolute Gasteiger partial charge is 0.383 e. The molecule has 0 radical (unpaired) electrons. The summed E-state index contributed by atoms with van der Waals surface area (Å²) in [5.74, 6) is 0.512. The van der Waals surface area contributed by atoms with Crippen molar-refractivity contribution in [3.8, 4) is 0 Å². The highest BCUT2D eigenvalue weighted by molar-refractivity contribution is 6.19. The lowest BCUT2D eigenvalue weighted by Crippen LogP contribution is -2.46. The Morgan fingerprint density at radius 1 is 1.50 bits per heavy atom. The minimum Gasteiger partial charge on any atom is -0.383 e. The van der Waals surface area contributed by atoms with Crippen LogP contribution >= 0.6 is 11.6 Å². The van der Waals surface area contributed by atoms with Crippen molar-refractivity contribution in [2.75, 3.05) is 38.0 Å². The molecular weight excluding hydrogens is 310 g/mol. The number of carbonyl (C=O) groups excluding carboxylic acids is 2. The van der Waals surface area contributed by atoms with E-state index in [0.717, 1.165) is 0 Å². The fourth-order valence-corrected chi connectivity index (χ4v) is 1.83. The van der Waals surface area contributed by atoms with Crippen molar-refractivity contribution < 1.29 is 18.8 Å². The first-order chi connectivity index (χ1) is 10.3. The maximum absolute atomic E-state index is 12.5. The molecule has 2 amide bonds. The molecule has 8 heteroatoms. The first kappa shape index (κ1) is 18.4. The summed E-state index contributed by atoms with van der Waals surface area (Å²) in [5, 5.41) is 6.26. The van der Waals surface area contributed by atoms with Gasteiger partial charge in [-0.05, 0) is 20.8 Å². The number of hydrogen-bond acceptors (Lipinski definition) is 5. The number of nitrogens with one attached hydrogen (secondary N) is 1. The number of nitrogens with zero attached hydrogens (tertiary/aromatic N) is 2. The van der Waals surface area contributed by atoms with Crippen LogP contribution in [0.3, 0.4) is 0 Å². The topological polar surface area (TPSA) is 84.7 Å². The number of anilines is 1. The highest BCUT2D eigenvalue weighted by Crippen LogP contribution is 2.20. The van der Waals surface area contributed by atoms with E-state index in [4.69, 9.17) is 20.9 Å². The fourth-order valence-electron chi connectivity index (χ4n) is 1.72. The molecule has 0 aromatic carbocycles. The normalized spacial score (nSPS) is 11.3. The highest BCUT2D eigenvalue weighted by atomic mass is 35.5. The number of aryl methyl sites for hydroxylation is 1. The van der Waals surface area contributed by atoms with Gasteiger partial charge in [0.25, 0.3) is 0 Å². The number of amides is 2. The van der Waals surface area contributed by atoms with Gasteiger partial charge in [0.1, 0.15) is 12.3 Å². The van der Waals surface area contributed by atoms with Gasteiger partial charge in [-0.2, -0.15) is 0 Å². The molecule has 1 N–H and O–H groups in total. The third-order valence-corrected chi connectivity index (χ3v) is 3.66. The predicted octanol–water partition coefficient (Wildman–Crippen LogP) is 1.66. The number of ether oxygens (including phenoxy) is 1. The van der Waals surface area contributed by atoms with Gasteiger partial charge < -0.3 is 19.5 Å². The first-order valence-corrected chi connectivity index (χ1v) is 7.41. The van der Waals surface area contributed by atoms with Crippen LogP contribution in [0.1, 0.15) is 19.6 Å². The van der Waals surface area contributed by atoms with Crippen molar-refractivity contribution in [1.29, 1.82) is 0 Å². The molecule has 0 spiro atoms. The molecule has 124 valence electrons. The van der Waals surface area contributed by atoms with Crippen molar-refractivity contribution >= 4 is 29.2 Å². The summed E-state index contributed by atoms with van der Waals surface area (Å²) in [7, 11) is 1.54. The van der Waals surface area contributed by atoms with Crippen molar-refractivity contribution in [1.82, 2.24) is 10.1 Å². The molecule has 7 nitrogen and oxygen atoms in total. The molecule has 0 atom stereocenters. The number of halogens is 1. The van der Waals surface area contributed by atoms with Gasteiger partial charge in [0.15, 0.2) is 5.82 Å². The summed E-state index contributed by atoms with van der Waals surface area (Å²) in [6.45, 7) is 5.73. The molecule has 0 bridgehead atoms. The number of rotatable bonds is 8. The Morgan fingerprint density at radius 3 is 2.68 bits per heavy atom. The van der Waals surface area contributed by atoms with Gasteiger partial charge >= 0.3 is 0 Å². The van der Waals surface area contributed by atoms with Crippen LogP contribution < -0.4 is 5.32 Å². The van der Waals surface area contributed by atoms with E-state index in [2.05, 4.69) is 10.5 Å². The van der Waals surface area contributed by atoms with Crippen LogP contribution in [0.2, 0.25) is 0 Å². The number of carbonyl (C=O) groups is 2. The Bertz CT molecular complexity index is 516. The molecule has 0 unspecified atom stereocenters. The number of alkyl halides is 1. The van der Waals surface area contributed by atoms with Crippen LogP contribution in [-0.4, -0.2) is 54.6 Å². The average Bonchev–Trinajstić information content (AvgIpc) is 2.87. The maximum atomic E-state index is 12.5. The Morgan fingerprint density at radius 2 is 2.18 bits per heavy atom. The Balaban J connectivity index is 2.71. The summed E-state index contributed by atoms with van der Waals surface area (Å²) in [4.78, 5) is 25.9. The lowest BCUT2D eigenvalue weighted by Gasteiger charge is -2.30. The Labute approximate surface area is 134 Å². The predicted molar refractivity (Wildman–Crippen MR) is 82.8 cm³/mol. The molecule has 0 fully saturated rings. The zero-order valence-corrected chi connectivity index (χ0v) is 14.1. The van der Waals surface area contributed by atoms with Crippen LogP contribution in [0, 0.1) is 12.3 Å². The molecule has 1 heterocycles. The van der Waals surface area contributed by atoms with Crippen LogP contribution in [0.15, 0.2) is 10.6 Å². The van der Waals surface area contributed by atoms with E-state index in [9.17, 15) is 9.59 Å². The van der Waals surface area contributed by atoms with Crippen LogP contribution in [0.4, 0.5) is 5.82 Å². The molecule has 0 aliphatic heterocycles. The summed E-state index contributed by atoms with van der Waals surface area (Å²) in [6, 6.07) is 1.60. The minimum absolute atomic E-state index is 0.103. The van der Waals surface area contributed by atoms with Gasteiger partial charge in [-0.3, -0.25) is 9.59 Å². The lowest BCUT2D eigenvalue weighted by molar-refractivity contribution is -0.142. The second kappa shape index (κ2) is 8.14. The zero-order valence-electron chi connectivity index (χ0n) is 13.3. The smallest absolute Gasteiger partial charge is 0.245 e. The Kier molecular flexibility index (Phi) is 6.83. The van der Waals surface area contributed by atoms with Crippen LogP contribution in [-0.2, 0) is 14.3 Å². The van der Waals surface area contributed by atoms with E-state index >= 15 is 0 Å². The Hall–Kier alpha value is -1.60. The van der Waals surface area contributed by atoms with Gasteiger partial charge in [0.2, 0.25) is 11.8 Å². The van der Waals surface area contributed by atoms with Gasteiger partial charge in [0.05, 0.1) is 12.0 Å². The van der Waals surface area contributed by atoms with Gasteiger partial charge in [-0.15, -0.1) is 11.6 Å². The molecule has 1 rings (SSSR count). The zero-order chi connectivity index (χ0) is 16.8. The summed E-state index contributed by atoms with van der Waals surface area (Å²) in [5.41, 5.74) is -0.750. The molecule has 1 aromatic heterocycles. The number of methoxy groups -OCH3 is 1. The van der Waals surface area contributed by atoms with Crippen molar-refractivity contribution in [2.45, 2.75) is 20.8 Å². The van der Waals surface area contributed by atoms with Crippen molar-refractivity contribution in [3.05, 3.63) is 11.8 Å². The lowest BCUT2D eigenvalue weighted by atomic mass is 9.94. The fraction of sp³-hybridized carbons (Fsp3) is 0.643. The third kappa shape index (κ3) is 5.31. The monoisotopic (exact) mass is 331 g/mol. The average molecular weight is 332 g/mol. The SMILES string of the molecule is COCCN(CC(=O)Nc1cc(C)on1)C(=O)C(C)(C)CCl. The van der Waals surface area contributed by atoms with Gasteiger partial charge in [0, 0.05) is 25.6 Å². The molecule has 0 saturated heterocycles. The quantitative estimate of drug-likeness (QED) is 0.732. The van der Waals surface area contributed by atoms with Crippen LogP contribution in [0.25, 0.3) is 0 Å². The van der Waals surface area contributed by atoms with Crippen LogP contribution in [0.5, 0.6) is 0 Å². The van der Waals surface area contributed by atoms with Gasteiger partial charge in [-0.25, -0.2) is 0 Å². The highest BCUT2D eigenvalue weighted by Gasteiger charge is 2.32. The third-order valence-electron chi connectivity index (χ3n) is 3.00. The van der Waals surface area contributed by atoms with Gasteiger partial charge in [-0.1, -0.05) is 5.16 Å². The number of hydrogen-bond donors (Lipinski definition) is 1. The second-order valence-corrected chi connectivity index (χ2v) is 5.88. The van der Waals surface area contributed by atoms with E-state index in [1.165, 1.54) is 12.0 Å². The summed E-state index contributed by atoms with van der Waals surface area (Å²) >= 11 is 5.83. The van der Waals surface area contributed by atoms with E-state index in [0.29, 0.717) is 24.7 Å². The van der Waals surface area contributed by atoms with E-state index in [-0.39, 0.29) is 24.2 Å². The van der Waals surface area contributed by atoms with E-state index < -0.39 is 5.41 Å². The number of aromatic nitrogens is 1. The summed E-state index contributed by atoms with van der Waals surface area (Å²) in [6.07, 6.45) is 0. The van der Waals surface area contributed by atoms with E-state index in [1.54, 1.807) is 26.8 Å². The molecule has 0 saturated carbocycles. The first-order valence-electron chi connectivity index (χ1n) is 6.87. The maximum Gasteiger partial charge on any atom is 0.245 e. The second-order valence-electron chi connectivity index (χ2n) is 5.61. The molecule has 0 aliphatic rings. The summed E-state index contributed by atoms with van der Waals surface area (Å²) < 4.78 is 9.86. The standard InChI is InChI=1S/C14H22ClN3O4/c1-10-7-11(17-22-10)16-12(19)8-18(5-6-21-4)13(20)14(2,3)9-15/h7H,5-6,8-9H2,1-4H3,(H,16,17,19). The minimum atomic E-state index is -0.750. The van der Waals surface area contributed by atoms with Crippen molar-refractivity contribution in [3.63, 3.8) is 0 Å². The molecule has 22 heavy (non-hydrogen) atoms. The molecular formula is C14H22ClN3O4. The molecule has 1 aromatic rings. The molecule has 0 aliphatic carbocycles. The van der Waals surface area contributed by atoms with Crippen molar-refractivity contribution in [2.24, 2.45) is 5.41 Å². The van der Waals surface area contributed by atoms with E-state index in [1.807, 2.05) is 0 Å².